The van der Waals surface area contributed by atoms with E-state index in [-0.39, 0.29) is 12.7 Å². The van der Waals surface area contributed by atoms with E-state index in [1.165, 1.54) is 0 Å². The van der Waals surface area contributed by atoms with Crippen LogP contribution in [0.4, 0.5) is 0 Å². The van der Waals surface area contributed by atoms with Crippen molar-refractivity contribution >= 4 is 5.91 Å². The minimum Gasteiger partial charge on any atom is -0.454 e. The number of amides is 1. The van der Waals surface area contributed by atoms with Crippen molar-refractivity contribution in [3.63, 3.8) is 0 Å². The molecule has 1 unspecified atom stereocenters. The van der Waals surface area contributed by atoms with Gasteiger partial charge in [-0.3, -0.25) is 4.79 Å². The summed E-state index contributed by atoms with van der Waals surface area (Å²) < 4.78 is 10.7. The molecule has 102 valence electrons. The van der Waals surface area contributed by atoms with Crippen molar-refractivity contribution in [2.45, 2.75) is 31.8 Å². The summed E-state index contributed by atoms with van der Waals surface area (Å²) >= 11 is 0. The fourth-order valence-electron chi connectivity index (χ4n) is 2.55. The molecule has 1 aromatic rings. The molecule has 0 radical (unpaired) electrons. The highest BCUT2D eigenvalue weighted by atomic mass is 16.7. The Balaban J connectivity index is 1.54. The van der Waals surface area contributed by atoms with E-state index in [2.05, 4.69) is 10.6 Å². The predicted octanol–water partition coefficient (Wildman–Crippen LogP) is 1.17. The van der Waals surface area contributed by atoms with Crippen molar-refractivity contribution in [1.29, 1.82) is 0 Å². The van der Waals surface area contributed by atoms with E-state index in [1.54, 1.807) is 0 Å². The maximum Gasteiger partial charge on any atom is 0.231 e. The predicted molar refractivity (Wildman–Crippen MR) is 70.1 cm³/mol. The lowest BCUT2D eigenvalue weighted by atomic mass is 10.1. The molecule has 5 nitrogen and oxygen atoms in total. The first-order valence-electron chi connectivity index (χ1n) is 6.70. The highest BCUT2D eigenvalue weighted by molar-refractivity contribution is 5.76. The van der Waals surface area contributed by atoms with E-state index in [9.17, 15) is 4.79 Å². The van der Waals surface area contributed by atoms with Gasteiger partial charge in [0.2, 0.25) is 12.7 Å². The third-order valence-corrected chi connectivity index (χ3v) is 3.55. The average Bonchev–Trinajstić information content (AvgIpc) is 3.06. The summed E-state index contributed by atoms with van der Waals surface area (Å²) in [5.74, 6) is 1.59. The van der Waals surface area contributed by atoms with Crippen LogP contribution < -0.4 is 20.1 Å². The molecule has 2 aliphatic rings. The molecule has 5 heteroatoms. The Morgan fingerprint density at radius 2 is 2.37 bits per heavy atom. The number of benzene rings is 1. The molecule has 0 bridgehead atoms. The van der Waals surface area contributed by atoms with Crippen LogP contribution in [0.2, 0.25) is 0 Å². The molecule has 1 aromatic carbocycles. The van der Waals surface area contributed by atoms with Crippen LogP contribution >= 0.6 is 0 Å². The van der Waals surface area contributed by atoms with E-state index >= 15 is 0 Å². The number of nitrogens with one attached hydrogen (secondary N) is 2. The Morgan fingerprint density at radius 3 is 3.21 bits per heavy atom. The minimum atomic E-state index is 0.0796. The molecule has 0 spiro atoms. The zero-order valence-corrected chi connectivity index (χ0v) is 10.8. The summed E-state index contributed by atoms with van der Waals surface area (Å²) in [6, 6.07) is 6.06. The van der Waals surface area contributed by atoms with E-state index in [1.807, 2.05) is 18.2 Å². The summed E-state index contributed by atoms with van der Waals surface area (Å²) in [6.45, 7) is 1.76. The monoisotopic (exact) mass is 262 g/mol. The van der Waals surface area contributed by atoms with Crippen molar-refractivity contribution in [2.75, 3.05) is 13.3 Å². The Labute approximate surface area is 112 Å². The van der Waals surface area contributed by atoms with Gasteiger partial charge in [0.1, 0.15) is 0 Å². The minimum absolute atomic E-state index is 0.0796. The van der Waals surface area contributed by atoms with Gasteiger partial charge >= 0.3 is 0 Å². The molecule has 1 fully saturated rings. The van der Waals surface area contributed by atoms with Gasteiger partial charge in [0.25, 0.3) is 0 Å². The molecule has 0 aliphatic carbocycles. The molecule has 0 saturated carbocycles. The van der Waals surface area contributed by atoms with Crippen molar-refractivity contribution in [3.8, 4) is 11.5 Å². The van der Waals surface area contributed by atoms with Crippen LogP contribution in [0.25, 0.3) is 0 Å². The van der Waals surface area contributed by atoms with Crippen molar-refractivity contribution < 1.29 is 14.3 Å². The fourth-order valence-corrected chi connectivity index (χ4v) is 2.55. The lowest BCUT2D eigenvalue weighted by Gasteiger charge is -2.11. The number of rotatable bonds is 4. The number of carbonyl (C=O) groups excluding carboxylic acids is 1. The first-order chi connectivity index (χ1) is 9.33. The summed E-state index contributed by atoms with van der Waals surface area (Å²) in [6.07, 6.45) is 2.80. The molecule has 0 aromatic heterocycles. The third-order valence-electron chi connectivity index (χ3n) is 3.55. The first-order valence-corrected chi connectivity index (χ1v) is 6.70. The van der Waals surface area contributed by atoms with Gasteiger partial charge in [-0.25, -0.2) is 0 Å². The number of carbonyl (C=O) groups is 1. The second kappa shape index (κ2) is 5.48. The molecular weight excluding hydrogens is 244 g/mol. The summed E-state index contributed by atoms with van der Waals surface area (Å²) in [7, 11) is 0. The number of hydrogen-bond donors (Lipinski definition) is 2. The molecule has 2 N–H and O–H groups in total. The van der Waals surface area contributed by atoms with Crippen molar-refractivity contribution in [1.82, 2.24) is 10.6 Å². The lowest BCUT2D eigenvalue weighted by molar-refractivity contribution is -0.121. The standard InChI is InChI=1S/C14H18N2O3/c17-13(7-11-4-2-6-15-11)16-8-10-3-1-5-12-14(10)19-9-18-12/h1,3,5,11,15H,2,4,6-9H2,(H,16,17). The molecule has 1 saturated heterocycles. The highest BCUT2D eigenvalue weighted by Crippen LogP contribution is 2.35. The topological polar surface area (TPSA) is 59.6 Å². The van der Waals surface area contributed by atoms with Crippen molar-refractivity contribution in [2.24, 2.45) is 0 Å². The Hall–Kier alpha value is -1.75. The van der Waals surface area contributed by atoms with Crippen LogP contribution in [0.15, 0.2) is 18.2 Å². The summed E-state index contributed by atoms with van der Waals surface area (Å²) in [5.41, 5.74) is 0.961. The maximum absolute atomic E-state index is 11.8. The molecule has 2 aliphatic heterocycles. The lowest BCUT2D eigenvalue weighted by Crippen LogP contribution is -2.31. The van der Waals surface area contributed by atoms with Gasteiger partial charge in [-0.05, 0) is 25.5 Å². The van der Waals surface area contributed by atoms with Gasteiger partial charge < -0.3 is 20.1 Å². The SMILES string of the molecule is O=C(CC1CCCN1)NCc1cccc2c1OCO2. The number of para-hydroxylation sites is 1. The Bertz CT molecular complexity index is 470. The van der Waals surface area contributed by atoms with Gasteiger partial charge in [-0.15, -0.1) is 0 Å². The normalized spacial score (nSPS) is 20.5. The van der Waals surface area contributed by atoms with Crippen LogP contribution in [0.1, 0.15) is 24.8 Å². The van der Waals surface area contributed by atoms with E-state index in [4.69, 9.17) is 9.47 Å². The molecule has 1 amide bonds. The zero-order valence-electron chi connectivity index (χ0n) is 10.8. The fraction of sp³-hybridized carbons (Fsp3) is 0.500. The number of fused-ring (bicyclic) bond motifs is 1. The van der Waals surface area contributed by atoms with Crippen LogP contribution in [0.5, 0.6) is 11.5 Å². The smallest absolute Gasteiger partial charge is 0.231 e. The maximum atomic E-state index is 11.8. The molecule has 3 rings (SSSR count). The first kappa shape index (κ1) is 12.3. The second-order valence-electron chi connectivity index (χ2n) is 4.93. The van der Waals surface area contributed by atoms with Gasteiger partial charge in [0.15, 0.2) is 11.5 Å². The van der Waals surface area contributed by atoms with Crippen LogP contribution in [0.3, 0.4) is 0 Å². The third kappa shape index (κ3) is 2.81. The van der Waals surface area contributed by atoms with Gasteiger partial charge in [0.05, 0.1) is 0 Å². The quantitative estimate of drug-likeness (QED) is 0.855. The number of hydrogen-bond acceptors (Lipinski definition) is 4. The Kier molecular flexibility index (Phi) is 3.55. The summed E-state index contributed by atoms with van der Waals surface area (Å²) in [5, 5.41) is 6.26. The molecule has 19 heavy (non-hydrogen) atoms. The van der Waals surface area contributed by atoms with Crippen LogP contribution in [-0.2, 0) is 11.3 Å². The zero-order chi connectivity index (χ0) is 13.1. The summed E-state index contributed by atoms with van der Waals surface area (Å²) in [4.78, 5) is 11.8. The molecule has 2 heterocycles. The Morgan fingerprint density at radius 1 is 1.42 bits per heavy atom. The van der Waals surface area contributed by atoms with Crippen LogP contribution in [0, 0.1) is 0 Å². The average molecular weight is 262 g/mol. The largest absolute Gasteiger partial charge is 0.454 e. The number of ether oxygens (including phenoxy) is 2. The van der Waals surface area contributed by atoms with E-state index in [0.717, 1.165) is 36.4 Å². The van der Waals surface area contributed by atoms with E-state index in [0.29, 0.717) is 19.0 Å². The van der Waals surface area contributed by atoms with Crippen molar-refractivity contribution in [3.05, 3.63) is 23.8 Å². The molecular formula is C14H18N2O3. The second-order valence-corrected chi connectivity index (χ2v) is 4.93. The van der Waals surface area contributed by atoms with Gasteiger partial charge in [0, 0.05) is 24.6 Å². The van der Waals surface area contributed by atoms with Crippen LogP contribution in [-0.4, -0.2) is 25.3 Å². The van der Waals surface area contributed by atoms with Gasteiger partial charge in [-0.1, -0.05) is 12.1 Å². The highest BCUT2D eigenvalue weighted by Gasteiger charge is 2.19. The van der Waals surface area contributed by atoms with E-state index < -0.39 is 0 Å². The molecule has 1 atom stereocenters. The van der Waals surface area contributed by atoms with Gasteiger partial charge in [-0.2, -0.15) is 0 Å².